The molecule has 1 heterocycles. The molecule has 0 aliphatic carbocycles. The van der Waals surface area contributed by atoms with Gasteiger partial charge in [-0.3, -0.25) is 0 Å². The SMILES string of the molecule is N#Cc1cc(N)c(Sc2ccccc2)n1Cc1ccccc1. The van der Waals surface area contributed by atoms with E-state index in [1.165, 1.54) is 0 Å². The maximum absolute atomic E-state index is 9.36. The normalized spacial score (nSPS) is 10.3. The number of nitrogens with two attached hydrogens (primary N) is 1. The summed E-state index contributed by atoms with van der Waals surface area (Å²) >= 11 is 1.58. The Hall–Kier alpha value is -2.64. The fraction of sp³-hybridized carbons (Fsp3) is 0.0556. The predicted octanol–water partition coefficient (Wildman–Crippen LogP) is 4.14. The van der Waals surface area contributed by atoms with Crippen molar-refractivity contribution in [2.45, 2.75) is 16.5 Å². The third-order valence-corrected chi connectivity index (χ3v) is 4.49. The van der Waals surface area contributed by atoms with Crippen molar-refractivity contribution in [2.75, 3.05) is 5.73 Å². The van der Waals surface area contributed by atoms with E-state index in [9.17, 15) is 5.26 Å². The fourth-order valence-electron chi connectivity index (χ4n) is 2.28. The van der Waals surface area contributed by atoms with Gasteiger partial charge in [0.15, 0.2) is 0 Å². The Balaban J connectivity index is 1.99. The molecule has 0 unspecified atom stereocenters. The van der Waals surface area contributed by atoms with Gasteiger partial charge in [-0.15, -0.1) is 0 Å². The molecule has 1 aromatic heterocycles. The molecule has 108 valence electrons. The molecule has 0 radical (unpaired) electrons. The van der Waals surface area contributed by atoms with Gasteiger partial charge in [0.25, 0.3) is 0 Å². The van der Waals surface area contributed by atoms with Crippen LogP contribution in [0, 0.1) is 11.3 Å². The first-order valence-corrected chi connectivity index (χ1v) is 7.75. The van der Waals surface area contributed by atoms with E-state index in [0.29, 0.717) is 17.9 Å². The Morgan fingerprint density at radius 3 is 2.27 bits per heavy atom. The van der Waals surface area contributed by atoms with Crippen molar-refractivity contribution >= 4 is 17.4 Å². The lowest BCUT2D eigenvalue weighted by molar-refractivity contribution is 0.725. The lowest BCUT2D eigenvalue weighted by Gasteiger charge is -2.11. The van der Waals surface area contributed by atoms with Crippen molar-refractivity contribution in [3.63, 3.8) is 0 Å². The van der Waals surface area contributed by atoms with E-state index in [1.54, 1.807) is 17.8 Å². The minimum Gasteiger partial charge on any atom is -0.397 e. The number of nitriles is 1. The van der Waals surface area contributed by atoms with Crippen LogP contribution >= 0.6 is 11.8 Å². The second-order valence-electron chi connectivity index (χ2n) is 4.89. The molecule has 0 saturated heterocycles. The lowest BCUT2D eigenvalue weighted by Crippen LogP contribution is -2.04. The zero-order chi connectivity index (χ0) is 15.4. The fourth-order valence-corrected chi connectivity index (χ4v) is 3.25. The Morgan fingerprint density at radius 2 is 1.64 bits per heavy atom. The number of aromatic nitrogens is 1. The molecule has 0 amide bonds. The lowest BCUT2D eigenvalue weighted by atomic mass is 10.2. The molecule has 0 bridgehead atoms. The molecule has 4 heteroatoms. The van der Waals surface area contributed by atoms with Crippen LogP contribution in [0.5, 0.6) is 0 Å². The molecule has 0 atom stereocenters. The van der Waals surface area contributed by atoms with E-state index in [2.05, 4.69) is 6.07 Å². The molecular weight excluding hydrogens is 290 g/mol. The average molecular weight is 305 g/mol. The van der Waals surface area contributed by atoms with E-state index in [4.69, 9.17) is 5.73 Å². The highest BCUT2D eigenvalue weighted by atomic mass is 32.2. The number of rotatable bonds is 4. The van der Waals surface area contributed by atoms with Crippen LogP contribution in [-0.2, 0) is 6.54 Å². The molecule has 2 aromatic carbocycles. The Bertz CT molecular complexity index is 802. The first-order valence-electron chi connectivity index (χ1n) is 6.94. The van der Waals surface area contributed by atoms with Crippen LogP contribution in [0.2, 0.25) is 0 Å². The summed E-state index contributed by atoms with van der Waals surface area (Å²) in [7, 11) is 0. The largest absolute Gasteiger partial charge is 0.397 e. The first-order chi connectivity index (χ1) is 10.8. The van der Waals surface area contributed by atoms with Gasteiger partial charge in [-0.25, -0.2) is 0 Å². The van der Waals surface area contributed by atoms with Crippen molar-refractivity contribution < 1.29 is 0 Å². The average Bonchev–Trinajstić information content (AvgIpc) is 2.85. The molecule has 0 aliphatic heterocycles. The van der Waals surface area contributed by atoms with Crippen LogP contribution in [0.3, 0.4) is 0 Å². The number of nitrogens with zero attached hydrogens (tertiary/aromatic N) is 2. The summed E-state index contributed by atoms with van der Waals surface area (Å²) in [6, 6.07) is 24.1. The summed E-state index contributed by atoms with van der Waals surface area (Å²) in [6.07, 6.45) is 0. The van der Waals surface area contributed by atoms with E-state index in [1.807, 2.05) is 65.2 Å². The van der Waals surface area contributed by atoms with E-state index in [0.717, 1.165) is 15.5 Å². The molecule has 0 aliphatic rings. The van der Waals surface area contributed by atoms with Gasteiger partial charge in [0, 0.05) is 11.4 Å². The summed E-state index contributed by atoms with van der Waals surface area (Å²) in [4.78, 5) is 1.10. The minimum atomic E-state index is 0.583. The third kappa shape index (κ3) is 3.00. The Labute approximate surface area is 134 Å². The number of benzene rings is 2. The van der Waals surface area contributed by atoms with Crippen LogP contribution in [0.25, 0.3) is 0 Å². The smallest absolute Gasteiger partial charge is 0.123 e. The molecule has 3 nitrogen and oxygen atoms in total. The quantitative estimate of drug-likeness (QED) is 0.788. The molecule has 0 spiro atoms. The van der Waals surface area contributed by atoms with Crippen LogP contribution in [0.4, 0.5) is 5.69 Å². The van der Waals surface area contributed by atoms with E-state index >= 15 is 0 Å². The Kier molecular flexibility index (Phi) is 4.17. The molecule has 2 N–H and O–H groups in total. The van der Waals surface area contributed by atoms with Crippen molar-refractivity contribution in [1.82, 2.24) is 4.57 Å². The molecule has 3 rings (SSSR count). The van der Waals surface area contributed by atoms with Crippen LogP contribution in [-0.4, -0.2) is 4.57 Å². The third-order valence-electron chi connectivity index (χ3n) is 3.33. The van der Waals surface area contributed by atoms with Crippen molar-refractivity contribution in [3.8, 4) is 6.07 Å². The summed E-state index contributed by atoms with van der Waals surface area (Å²) < 4.78 is 1.97. The van der Waals surface area contributed by atoms with Crippen molar-refractivity contribution in [1.29, 1.82) is 5.26 Å². The van der Waals surface area contributed by atoms with E-state index in [-0.39, 0.29) is 0 Å². The number of nitrogen functional groups attached to an aromatic ring is 1. The van der Waals surface area contributed by atoms with Crippen LogP contribution in [0.15, 0.2) is 76.7 Å². The van der Waals surface area contributed by atoms with Gasteiger partial charge in [0.05, 0.1) is 5.69 Å². The Morgan fingerprint density at radius 1 is 1.00 bits per heavy atom. The maximum Gasteiger partial charge on any atom is 0.123 e. The molecular formula is C18H15N3S. The zero-order valence-corrected chi connectivity index (χ0v) is 12.8. The summed E-state index contributed by atoms with van der Waals surface area (Å²) in [5, 5.41) is 10.3. The minimum absolute atomic E-state index is 0.583. The van der Waals surface area contributed by atoms with Gasteiger partial charge in [0.2, 0.25) is 0 Å². The summed E-state index contributed by atoms with van der Waals surface area (Å²) in [5.41, 5.74) is 8.49. The topological polar surface area (TPSA) is 54.7 Å². The highest BCUT2D eigenvalue weighted by Gasteiger charge is 2.14. The van der Waals surface area contributed by atoms with Gasteiger partial charge >= 0.3 is 0 Å². The molecule has 22 heavy (non-hydrogen) atoms. The van der Waals surface area contributed by atoms with Gasteiger partial charge in [-0.05, 0) is 23.8 Å². The highest BCUT2D eigenvalue weighted by molar-refractivity contribution is 7.99. The second kappa shape index (κ2) is 6.42. The second-order valence-corrected chi connectivity index (χ2v) is 5.95. The molecule has 3 aromatic rings. The summed E-state index contributed by atoms with van der Waals surface area (Å²) in [6.45, 7) is 0.635. The zero-order valence-electron chi connectivity index (χ0n) is 11.9. The number of anilines is 1. The molecule has 0 saturated carbocycles. The number of hydrogen-bond acceptors (Lipinski definition) is 3. The number of hydrogen-bond donors (Lipinski definition) is 1. The van der Waals surface area contributed by atoms with Crippen molar-refractivity contribution in [2.24, 2.45) is 0 Å². The maximum atomic E-state index is 9.36. The predicted molar refractivity (Wildman–Crippen MR) is 89.7 cm³/mol. The van der Waals surface area contributed by atoms with Gasteiger partial charge in [-0.1, -0.05) is 60.3 Å². The van der Waals surface area contributed by atoms with Crippen LogP contribution in [0.1, 0.15) is 11.3 Å². The monoisotopic (exact) mass is 305 g/mol. The van der Waals surface area contributed by atoms with Gasteiger partial charge in [0.1, 0.15) is 16.8 Å². The van der Waals surface area contributed by atoms with E-state index < -0.39 is 0 Å². The van der Waals surface area contributed by atoms with Gasteiger partial charge in [-0.2, -0.15) is 5.26 Å². The van der Waals surface area contributed by atoms with Gasteiger partial charge < -0.3 is 10.3 Å². The molecule has 0 fully saturated rings. The van der Waals surface area contributed by atoms with Crippen molar-refractivity contribution in [3.05, 3.63) is 78.0 Å². The summed E-state index contributed by atoms with van der Waals surface area (Å²) in [5.74, 6) is 0. The van der Waals surface area contributed by atoms with Crippen LogP contribution < -0.4 is 5.73 Å². The standard InChI is InChI=1S/C18H15N3S/c19-12-15-11-17(20)18(22-16-9-5-2-6-10-16)21(15)13-14-7-3-1-4-8-14/h1-11H,13,20H2. The highest BCUT2D eigenvalue weighted by Crippen LogP contribution is 2.34. The first kappa shape index (κ1) is 14.3.